The van der Waals surface area contributed by atoms with Gasteiger partial charge in [-0.15, -0.1) is 23.1 Å². The number of rotatable bonds is 5. The van der Waals surface area contributed by atoms with Crippen LogP contribution in [0.3, 0.4) is 0 Å². The Morgan fingerprint density at radius 3 is 2.96 bits per heavy atom. The van der Waals surface area contributed by atoms with E-state index in [9.17, 15) is 9.90 Å². The van der Waals surface area contributed by atoms with Crippen LogP contribution in [0.15, 0.2) is 30.3 Å². The number of amides is 1. The molecular weight excluding hydrogens is 411 g/mol. The summed E-state index contributed by atoms with van der Waals surface area (Å²) in [5.41, 5.74) is 3.66. The minimum atomic E-state index is -0.159. The third-order valence-corrected chi connectivity index (χ3v) is 7.78. The molecule has 0 saturated carbocycles. The van der Waals surface area contributed by atoms with Gasteiger partial charge in [-0.2, -0.15) is 0 Å². The highest BCUT2D eigenvalue weighted by atomic mass is 35.5. The second-order valence-electron chi connectivity index (χ2n) is 6.11. The van der Waals surface area contributed by atoms with E-state index in [1.54, 1.807) is 17.8 Å². The van der Waals surface area contributed by atoms with Crippen molar-refractivity contribution in [2.24, 2.45) is 0 Å². The number of thiophene rings is 1. The van der Waals surface area contributed by atoms with Crippen LogP contribution in [0.4, 0.5) is 0 Å². The van der Waals surface area contributed by atoms with Gasteiger partial charge in [0.2, 0.25) is 0 Å². The van der Waals surface area contributed by atoms with Crippen molar-refractivity contribution in [3.8, 4) is 0 Å². The van der Waals surface area contributed by atoms with Crippen LogP contribution in [0.25, 0.3) is 10.2 Å². The van der Waals surface area contributed by atoms with E-state index in [-0.39, 0.29) is 23.8 Å². The van der Waals surface area contributed by atoms with Crippen molar-refractivity contribution in [1.29, 1.82) is 0 Å². The predicted octanol–water partition coefficient (Wildman–Crippen LogP) is 4.66. The molecule has 8 heteroatoms. The first-order chi connectivity index (χ1) is 12.6. The van der Waals surface area contributed by atoms with Crippen LogP contribution in [0.2, 0.25) is 9.36 Å². The van der Waals surface area contributed by atoms with Crippen molar-refractivity contribution >= 4 is 62.4 Å². The summed E-state index contributed by atoms with van der Waals surface area (Å²) in [5, 5.41) is 12.9. The zero-order valence-corrected chi connectivity index (χ0v) is 16.7. The van der Waals surface area contributed by atoms with E-state index in [0.29, 0.717) is 26.3 Å². The van der Waals surface area contributed by atoms with E-state index in [0.717, 1.165) is 11.1 Å². The Morgan fingerprint density at radius 1 is 1.38 bits per heavy atom. The van der Waals surface area contributed by atoms with Crippen molar-refractivity contribution in [1.82, 2.24) is 10.3 Å². The summed E-state index contributed by atoms with van der Waals surface area (Å²) in [6.45, 7) is 0.121. The highest BCUT2D eigenvalue weighted by Crippen LogP contribution is 2.42. The lowest BCUT2D eigenvalue weighted by Gasteiger charge is -2.21. The Balaban J connectivity index is 1.55. The Labute approximate surface area is 168 Å². The van der Waals surface area contributed by atoms with Crippen molar-refractivity contribution in [3.63, 3.8) is 0 Å². The number of hydrogen-bond acceptors (Lipinski definition) is 4. The molecule has 2 heterocycles. The second-order valence-corrected chi connectivity index (χ2v) is 9.39. The quantitative estimate of drug-likeness (QED) is 0.555. The highest BCUT2D eigenvalue weighted by molar-refractivity contribution is 7.99. The number of H-pyrrole nitrogens is 1. The van der Waals surface area contributed by atoms with Crippen LogP contribution in [-0.4, -0.2) is 34.4 Å². The monoisotopic (exact) mass is 426 g/mol. The van der Waals surface area contributed by atoms with Crippen molar-refractivity contribution in [2.45, 2.75) is 17.7 Å². The summed E-state index contributed by atoms with van der Waals surface area (Å²) < 4.78 is 1.39. The zero-order chi connectivity index (χ0) is 18.3. The molecule has 26 heavy (non-hydrogen) atoms. The number of aliphatic hydroxyl groups is 1. The Hall–Kier alpha value is -1.18. The Kier molecular flexibility index (Phi) is 5.21. The molecule has 0 bridgehead atoms. The fourth-order valence-corrected chi connectivity index (χ4v) is 6.00. The Bertz CT molecular complexity index is 969. The van der Waals surface area contributed by atoms with Crippen molar-refractivity contribution in [3.05, 3.63) is 56.5 Å². The molecule has 2 aromatic heterocycles. The SMILES string of the molecule is O=C(NC1Cc2ccccc2C1SCCO)c1cc2sc(Cl)c(Cl)c2[nH]1. The molecule has 2 unspecified atom stereocenters. The lowest BCUT2D eigenvalue weighted by atomic mass is 10.1. The minimum absolute atomic E-state index is 0.0168. The van der Waals surface area contributed by atoms with Crippen molar-refractivity contribution < 1.29 is 9.90 Å². The molecule has 0 radical (unpaired) electrons. The fourth-order valence-electron chi connectivity index (χ4n) is 3.36. The van der Waals surface area contributed by atoms with E-state index < -0.39 is 0 Å². The summed E-state index contributed by atoms with van der Waals surface area (Å²) in [6, 6.07) is 9.99. The molecule has 0 aliphatic heterocycles. The maximum absolute atomic E-state index is 12.8. The van der Waals surface area contributed by atoms with E-state index in [1.807, 2.05) is 12.1 Å². The molecule has 1 aliphatic rings. The summed E-state index contributed by atoms with van der Waals surface area (Å²) in [6.07, 6.45) is 0.784. The first-order valence-corrected chi connectivity index (χ1v) is 10.8. The number of thioether (sulfide) groups is 1. The number of aromatic amines is 1. The molecule has 3 N–H and O–H groups in total. The average molecular weight is 427 g/mol. The van der Waals surface area contributed by atoms with Crippen LogP contribution in [0.1, 0.15) is 26.9 Å². The third kappa shape index (κ3) is 3.25. The second kappa shape index (κ2) is 7.44. The largest absolute Gasteiger partial charge is 0.396 e. The molecule has 1 aliphatic carbocycles. The van der Waals surface area contributed by atoms with Gasteiger partial charge in [0.15, 0.2) is 0 Å². The molecule has 1 aromatic carbocycles. The number of nitrogens with one attached hydrogen (secondary N) is 2. The van der Waals surface area contributed by atoms with Gasteiger partial charge in [-0.25, -0.2) is 0 Å². The van der Waals surface area contributed by atoms with Gasteiger partial charge in [-0.1, -0.05) is 47.5 Å². The molecule has 0 saturated heterocycles. The smallest absolute Gasteiger partial charge is 0.268 e. The van der Waals surface area contributed by atoms with Gasteiger partial charge in [-0.3, -0.25) is 4.79 Å². The topological polar surface area (TPSA) is 65.1 Å². The zero-order valence-electron chi connectivity index (χ0n) is 13.6. The third-order valence-electron chi connectivity index (χ3n) is 4.49. The number of aromatic nitrogens is 1. The number of aliphatic hydroxyl groups excluding tert-OH is 1. The number of hydrogen-bond donors (Lipinski definition) is 3. The van der Waals surface area contributed by atoms with Gasteiger partial charge in [-0.05, 0) is 23.6 Å². The van der Waals surface area contributed by atoms with Gasteiger partial charge < -0.3 is 15.4 Å². The lowest BCUT2D eigenvalue weighted by molar-refractivity contribution is 0.0934. The average Bonchev–Trinajstić information content (AvgIpc) is 3.27. The van der Waals surface area contributed by atoms with Gasteiger partial charge >= 0.3 is 0 Å². The van der Waals surface area contributed by atoms with Gasteiger partial charge in [0.1, 0.15) is 10.0 Å². The molecule has 2 atom stereocenters. The fraction of sp³-hybridized carbons (Fsp3) is 0.278. The van der Waals surface area contributed by atoms with E-state index in [2.05, 4.69) is 22.4 Å². The molecule has 136 valence electrons. The first-order valence-electron chi connectivity index (χ1n) is 8.16. The van der Waals surface area contributed by atoms with Crippen LogP contribution in [-0.2, 0) is 6.42 Å². The van der Waals surface area contributed by atoms with Crippen molar-refractivity contribution in [2.75, 3.05) is 12.4 Å². The molecule has 3 aromatic rings. The summed E-state index contributed by atoms with van der Waals surface area (Å²) in [7, 11) is 0. The van der Waals surface area contributed by atoms with Gasteiger partial charge in [0, 0.05) is 11.8 Å². The summed E-state index contributed by atoms with van der Waals surface area (Å²) in [5.74, 6) is 0.477. The molecule has 0 spiro atoms. The Morgan fingerprint density at radius 2 is 2.19 bits per heavy atom. The van der Waals surface area contributed by atoms with Gasteiger partial charge in [0.05, 0.1) is 27.1 Å². The maximum Gasteiger partial charge on any atom is 0.268 e. The number of carbonyl (C=O) groups excluding carboxylic acids is 1. The van der Waals surface area contributed by atoms with Crippen LogP contribution >= 0.6 is 46.3 Å². The minimum Gasteiger partial charge on any atom is -0.396 e. The summed E-state index contributed by atoms with van der Waals surface area (Å²) >= 11 is 15.2. The highest BCUT2D eigenvalue weighted by Gasteiger charge is 2.34. The van der Waals surface area contributed by atoms with E-state index >= 15 is 0 Å². The normalized spacial score (nSPS) is 19.0. The summed E-state index contributed by atoms with van der Waals surface area (Å²) in [4.78, 5) is 15.8. The molecule has 4 nitrogen and oxygen atoms in total. The predicted molar refractivity (Wildman–Crippen MR) is 110 cm³/mol. The van der Waals surface area contributed by atoms with Crippen LogP contribution in [0.5, 0.6) is 0 Å². The van der Waals surface area contributed by atoms with E-state index in [1.165, 1.54) is 22.5 Å². The molecule has 4 rings (SSSR count). The first kappa shape index (κ1) is 18.2. The number of carbonyl (C=O) groups is 1. The molecule has 0 fully saturated rings. The standard InChI is InChI=1S/C18H16Cl2N2O2S2/c19-14-15-13(26-17(14)20)8-12(21-15)18(24)22-11-7-9-3-1-2-4-10(9)16(11)25-6-5-23/h1-4,8,11,16,21,23H,5-7H2,(H,22,24). The number of benzene rings is 1. The van der Waals surface area contributed by atoms with Crippen LogP contribution in [0, 0.1) is 0 Å². The number of fused-ring (bicyclic) bond motifs is 2. The molecule has 1 amide bonds. The lowest BCUT2D eigenvalue weighted by Crippen LogP contribution is -2.37. The maximum atomic E-state index is 12.8. The van der Waals surface area contributed by atoms with E-state index in [4.69, 9.17) is 23.2 Å². The van der Waals surface area contributed by atoms with Crippen LogP contribution < -0.4 is 5.32 Å². The van der Waals surface area contributed by atoms with Gasteiger partial charge in [0.25, 0.3) is 5.91 Å². The number of halogens is 2. The molecular formula is C18H16Cl2N2O2S2.